The highest BCUT2D eigenvalue weighted by Gasteiger charge is 2.22. The number of benzene rings is 2. The minimum atomic E-state index is -0.548. The van der Waals surface area contributed by atoms with Crippen LogP contribution in [-0.2, 0) is 6.54 Å². The van der Waals surface area contributed by atoms with Gasteiger partial charge in [0, 0.05) is 17.6 Å². The molecule has 0 saturated heterocycles. The van der Waals surface area contributed by atoms with Gasteiger partial charge in [-0.3, -0.25) is 0 Å². The Hall–Kier alpha value is -1.45. The summed E-state index contributed by atoms with van der Waals surface area (Å²) in [7, 11) is 0. The Morgan fingerprint density at radius 2 is 1.95 bits per heavy atom. The van der Waals surface area contributed by atoms with Crippen molar-refractivity contribution in [3.8, 4) is 11.1 Å². The van der Waals surface area contributed by atoms with E-state index >= 15 is 0 Å². The van der Waals surface area contributed by atoms with Crippen LogP contribution < -0.4 is 5.32 Å². The van der Waals surface area contributed by atoms with Crippen molar-refractivity contribution < 1.29 is 8.78 Å². The Labute approximate surface area is 127 Å². The molecule has 0 spiro atoms. The molecule has 0 amide bonds. The number of nitrogens with one attached hydrogen (secondary N) is 1. The molecule has 110 valence electrons. The molecule has 0 aliphatic heterocycles. The molecule has 3 rings (SSSR count). The largest absolute Gasteiger partial charge is 0.310 e. The predicted molar refractivity (Wildman–Crippen MR) is 81.4 cm³/mol. The fourth-order valence-electron chi connectivity index (χ4n) is 2.40. The molecule has 4 heteroatoms. The van der Waals surface area contributed by atoms with Gasteiger partial charge in [-0.15, -0.1) is 0 Å². The first-order valence-corrected chi connectivity index (χ1v) is 7.41. The summed E-state index contributed by atoms with van der Waals surface area (Å²) >= 11 is 6.03. The van der Waals surface area contributed by atoms with Crippen molar-refractivity contribution in [1.29, 1.82) is 0 Å². The topological polar surface area (TPSA) is 12.0 Å². The SMILES string of the molecule is Cc1ccc(F)c(-c2ccc(Cl)cc2CNC2CC2)c1F. The number of hydrogen-bond acceptors (Lipinski definition) is 1. The van der Waals surface area contributed by atoms with Crippen molar-refractivity contribution in [2.24, 2.45) is 0 Å². The molecule has 1 saturated carbocycles. The molecular weight excluding hydrogens is 292 g/mol. The fourth-order valence-corrected chi connectivity index (χ4v) is 2.59. The first kappa shape index (κ1) is 14.5. The van der Waals surface area contributed by atoms with E-state index in [9.17, 15) is 8.78 Å². The lowest BCUT2D eigenvalue weighted by Crippen LogP contribution is -2.16. The van der Waals surface area contributed by atoms with E-state index in [1.165, 1.54) is 12.1 Å². The maximum Gasteiger partial charge on any atom is 0.136 e. The second kappa shape index (κ2) is 5.74. The van der Waals surface area contributed by atoms with Gasteiger partial charge in [0.05, 0.1) is 5.56 Å². The van der Waals surface area contributed by atoms with Gasteiger partial charge in [0.2, 0.25) is 0 Å². The van der Waals surface area contributed by atoms with E-state index in [1.54, 1.807) is 25.1 Å². The van der Waals surface area contributed by atoms with E-state index < -0.39 is 11.6 Å². The maximum atomic E-state index is 14.3. The van der Waals surface area contributed by atoms with E-state index in [0.29, 0.717) is 28.7 Å². The zero-order valence-electron chi connectivity index (χ0n) is 11.7. The van der Waals surface area contributed by atoms with Crippen LogP contribution in [0.4, 0.5) is 8.78 Å². The van der Waals surface area contributed by atoms with Gasteiger partial charge in [0.15, 0.2) is 0 Å². The summed E-state index contributed by atoms with van der Waals surface area (Å²) in [6, 6.07) is 8.40. The van der Waals surface area contributed by atoms with Gasteiger partial charge in [-0.25, -0.2) is 8.78 Å². The number of aryl methyl sites for hydroxylation is 1. The van der Waals surface area contributed by atoms with Crippen LogP contribution in [0.25, 0.3) is 11.1 Å². The summed E-state index contributed by atoms with van der Waals surface area (Å²) in [6.45, 7) is 2.20. The number of rotatable bonds is 4. The minimum Gasteiger partial charge on any atom is -0.310 e. The molecular formula is C17H16ClF2N. The van der Waals surface area contributed by atoms with E-state index in [4.69, 9.17) is 11.6 Å². The molecule has 2 aromatic rings. The van der Waals surface area contributed by atoms with Crippen LogP contribution in [-0.4, -0.2) is 6.04 Å². The molecule has 0 atom stereocenters. The van der Waals surface area contributed by atoms with Crippen molar-refractivity contribution in [2.75, 3.05) is 0 Å². The molecule has 0 aromatic heterocycles. The highest BCUT2D eigenvalue weighted by atomic mass is 35.5. The van der Waals surface area contributed by atoms with Gasteiger partial charge >= 0.3 is 0 Å². The lowest BCUT2D eigenvalue weighted by molar-refractivity contribution is 0.583. The van der Waals surface area contributed by atoms with Crippen molar-refractivity contribution >= 4 is 11.6 Å². The highest BCUT2D eigenvalue weighted by Crippen LogP contribution is 2.32. The van der Waals surface area contributed by atoms with Crippen molar-refractivity contribution in [3.05, 3.63) is 58.1 Å². The van der Waals surface area contributed by atoms with Gasteiger partial charge in [0.25, 0.3) is 0 Å². The lowest BCUT2D eigenvalue weighted by Gasteiger charge is -2.14. The van der Waals surface area contributed by atoms with Crippen molar-refractivity contribution in [3.63, 3.8) is 0 Å². The minimum absolute atomic E-state index is 0.0271. The Balaban J connectivity index is 2.06. The van der Waals surface area contributed by atoms with E-state index in [-0.39, 0.29) is 5.56 Å². The summed E-state index contributed by atoms with van der Waals surface area (Å²) in [6.07, 6.45) is 2.31. The molecule has 21 heavy (non-hydrogen) atoms. The third-order valence-electron chi connectivity index (χ3n) is 3.78. The number of hydrogen-bond donors (Lipinski definition) is 1. The molecule has 1 aliphatic carbocycles. The average Bonchev–Trinajstić information content (AvgIpc) is 3.27. The summed E-state index contributed by atoms with van der Waals surface area (Å²) < 4.78 is 28.5. The fraction of sp³-hybridized carbons (Fsp3) is 0.294. The molecule has 0 radical (unpaired) electrons. The monoisotopic (exact) mass is 307 g/mol. The third kappa shape index (κ3) is 3.09. The average molecular weight is 308 g/mol. The van der Waals surface area contributed by atoms with Gasteiger partial charge in [0.1, 0.15) is 11.6 Å². The standard InChI is InChI=1S/C17H16ClF2N/c1-10-2-7-15(19)16(17(10)20)14-6-3-12(18)8-11(14)9-21-13-4-5-13/h2-3,6-8,13,21H,4-5,9H2,1H3. The van der Waals surface area contributed by atoms with Gasteiger partial charge in [-0.05, 0) is 54.7 Å². The lowest BCUT2D eigenvalue weighted by atomic mass is 9.97. The van der Waals surface area contributed by atoms with E-state index in [2.05, 4.69) is 5.32 Å². The van der Waals surface area contributed by atoms with E-state index in [0.717, 1.165) is 18.4 Å². The molecule has 1 aliphatic rings. The van der Waals surface area contributed by atoms with Gasteiger partial charge in [-0.2, -0.15) is 0 Å². The normalized spacial score (nSPS) is 14.5. The van der Waals surface area contributed by atoms with Crippen LogP contribution in [0.15, 0.2) is 30.3 Å². The summed E-state index contributed by atoms with van der Waals surface area (Å²) in [5.74, 6) is -1.06. The highest BCUT2D eigenvalue weighted by molar-refractivity contribution is 6.30. The Kier molecular flexibility index (Phi) is 3.96. The summed E-state index contributed by atoms with van der Waals surface area (Å²) in [4.78, 5) is 0. The van der Waals surface area contributed by atoms with Crippen LogP contribution in [0.5, 0.6) is 0 Å². The number of halogens is 3. The van der Waals surface area contributed by atoms with Crippen LogP contribution >= 0.6 is 11.6 Å². The van der Waals surface area contributed by atoms with Gasteiger partial charge < -0.3 is 5.32 Å². The Morgan fingerprint density at radius 3 is 2.67 bits per heavy atom. The van der Waals surface area contributed by atoms with Crippen LogP contribution in [0.3, 0.4) is 0 Å². The quantitative estimate of drug-likeness (QED) is 0.852. The zero-order valence-corrected chi connectivity index (χ0v) is 12.5. The van der Waals surface area contributed by atoms with Crippen LogP contribution in [0.2, 0.25) is 5.02 Å². The molecule has 1 fully saturated rings. The second-order valence-corrected chi connectivity index (χ2v) is 5.95. The van der Waals surface area contributed by atoms with E-state index in [1.807, 2.05) is 0 Å². The third-order valence-corrected chi connectivity index (χ3v) is 4.01. The molecule has 0 bridgehead atoms. The molecule has 1 N–H and O–H groups in total. The van der Waals surface area contributed by atoms with Crippen LogP contribution in [0, 0.1) is 18.6 Å². The summed E-state index contributed by atoms with van der Waals surface area (Å²) in [5.41, 5.74) is 1.84. The first-order chi connectivity index (χ1) is 10.1. The predicted octanol–water partition coefficient (Wildman–Crippen LogP) is 4.85. The van der Waals surface area contributed by atoms with Crippen molar-refractivity contribution in [2.45, 2.75) is 32.4 Å². The zero-order chi connectivity index (χ0) is 15.0. The smallest absolute Gasteiger partial charge is 0.136 e. The maximum absolute atomic E-state index is 14.3. The van der Waals surface area contributed by atoms with Crippen molar-refractivity contribution in [1.82, 2.24) is 5.32 Å². The molecule has 0 unspecified atom stereocenters. The Morgan fingerprint density at radius 1 is 1.19 bits per heavy atom. The van der Waals surface area contributed by atoms with Gasteiger partial charge in [-0.1, -0.05) is 23.7 Å². The molecule has 1 nitrogen and oxygen atoms in total. The molecule has 0 heterocycles. The second-order valence-electron chi connectivity index (χ2n) is 5.51. The summed E-state index contributed by atoms with van der Waals surface area (Å²) in [5, 5.41) is 3.93. The molecule has 2 aromatic carbocycles. The first-order valence-electron chi connectivity index (χ1n) is 7.03. The van der Waals surface area contributed by atoms with Crippen LogP contribution in [0.1, 0.15) is 24.0 Å². The Bertz CT molecular complexity index is 681.